The molecule has 1 N–H and O–H groups in total. The highest BCUT2D eigenvalue weighted by atomic mass is 16.5. The summed E-state index contributed by atoms with van der Waals surface area (Å²) < 4.78 is 5.14. The number of hydrogen-bond acceptors (Lipinski definition) is 2. The molecule has 0 saturated carbocycles. The molecule has 0 aliphatic heterocycles. The Bertz CT molecular complexity index is 517. The Kier molecular flexibility index (Phi) is 4.37. The summed E-state index contributed by atoms with van der Waals surface area (Å²) in [7, 11) is 1.64. The van der Waals surface area contributed by atoms with E-state index in [2.05, 4.69) is 6.58 Å². The molecule has 2 heteroatoms. The van der Waals surface area contributed by atoms with Crippen LogP contribution in [0.5, 0.6) is 5.75 Å². The van der Waals surface area contributed by atoms with Crippen molar-refractivity contribution in [3.8, 4) is 5.75 Å². The van der Waals surface area contributed by atoms with Gasteiger partial charge in [-0.2, -0.15) is 0 Å². The molecule has 0 aliphatic carbocycles. The molecule has 0 fully saturated rings. The van der Waals surface area contributed by atoms with Gasteiger partial charge in [0.2, 0.25) is 0 Å². The fraction of sp³-hybridized carbons (Fsp3) is 0.176. The van der Waals surface area contributed by atoms with Gasteiger partial charge in [-0.3, -0.25) is 0 Å². The van der Waals surface area contributed by atoms with Gasteiger partial charge in [0, 0.05) is 5.92 Å². The first-order valence-corrected chi connectivity index (χ1v) is 6.25. The molecule has 2 atom stereocenters. The molecule has 98 valence electrons. The monoisotopic (exact) mass is 254 g/mol. The summed E-state index contributed by atoms with van der Waals surface area (Å²) in [6.45, 7) is 3.84. The summed E-state index contributed by atoms with van der Waals surface area (Å²) in [5.74, 6) is 0.675. The van der Waals surface area contributed by atoms with Gasteiger partial charge in [0.05, 0.1) is 13.2 Å². The number of benzene rings is 2. The third kappa shape index (κ3) is 3.04. The van der Waals surface area contributed by atoms with Crippen LogP contribution in [0.2, 0.25) is 0 Å². The highest BCUT2D eigenvalue weighted by Crippen LogP contribution is 2.32. The molecule has 2 rings (SSSR count). The Hall–Kier alpha value is -2.06. The Morgan fingerprint density at radius 3 is 2.16 bits per heavy atom. The lowest BCUT2D eigenvalue weighted by molar-refractivity contribution is 0.162. The largest absolute Gasteiger partial charge is 0.497 e. The van der Waals surface area contributed by atoms with Crippen molar-refractivity contribution in [2.24, 2.45) is 0 Å². The van der Waals surface area contributed by atoms with Gasteiger partial charge < -0.3 is 9.84 Å². The molecule has 0 bridgehead atoms. The quantitative estimate of drug-likeness (QED) is 0.824. The van der Waals surface area contributed by atoms with Crippen LogP contribution in [0.3, 0.4) is 0 Å². The molecule has 0 unspecified atom stereocenters. The predicted molar refractivity (Wildman–Crippen MR) is 77.3 cm³/mol. The minimum absolute atomic E-state index is 0.131. The second kappa shape index (κ2) is 6.21. The summed E-state index contributed by atoms with van der Waals surface area (Å²) >= 11 is 0. The van der Waals surface area contributed by atoms with Gasteiger partial charge in [-0.1, -0.05) is 48.5 Å². The van der Waals surface area contributed by atoms with E-state index in [9.17, 15) is 5.11 Å². The van der Waals surface area contributed by atoms with Crippen molar-refractivity contribution in [2.45, 2.75) is 12.0 Å². The van der Waals surface area contributed by atoms with Gasteiger partial charge in [-0.15, -0.1) is 6.58 Å². The lowest BCUT2D eigenvalue weighted by atomic mass is 9.89. The molecule has 2 nitrogen and oxygen atoms in total. The lowest BCUT2D eigenvalue weighted by Crippen LogP contribution is -2.08. The van der Waals surface area contributed by atoms with Crippen LogP contribution in [-0.2, 0) is 0 Å². The van der Waals surface area contributed by atoms with Crippen molar-refractivity contribution in [1.29, 1.82) is 0 Å². The molecule has 0 saturated heterocycles. The summed E-state index contributed by atoms with van der Waals surface area (Å²) in [5.41, 5.74) is 1.91. The smallest absolute Gasteiger partial charge is 0.118 e. The van der Waals surface area contributed by atoms with E-state index in [0.29, 0.717) is 0 Å². The van der Waals surface area contributed by atoms with Gasteiger partial charge >= 0.3 is 0 Å². The maximum atomic E-state index is 10.5. The SMILES string of the molecule is C=C[C@H](c1ccc(OC)cc1)[C@H](O)c1ccccc1. The molecule has 0 amide bonds. The molecule has 0 aromatic heterocycles. The fourth-order valence-corrected chi connectivity index (χ4v) is 2.13. The van der Waals surface area contributed by atoms with Crippen LogP contribution in [0.4, 0.5) is 0 Å². The second-order valence-electron chi connectivity index (χ2n) is 4.39. The molecule has 2 aromatic rings. The summed E-state index contributed by atoms with van der Waals surface area (Å²) in [5, 5.41) is 10.5. The van der Waals surface area contributed by atoms with Crippen LogP contribution in [0.1, 0.15) is 23.1 Å². The van der Waals surface area contributed by atoms with E-state index in [0.717, 1.165) is 16.9 Å². The zero-order valence-corrected chi connectivity index (χ0v) is 11.0. The minimum atomic E-state index is -0.591. The van der Waals surface area contributed by atoms with Crippen molar-refractivity contribution in [3.63, 3.8) is 0 Å². The van der Waals surface area contributed by atoms with Gasteiger partial charge in [0.1, 0.15) is 5.75 Å². The Balaban J connectivity index is 2.26. The van der Waals surface area contributed by atoms with E-state index in [1.807, 2.05) is 54.6 Å². The van der Waals surface area contributed by atoms with E-state index in [1.54, 1.807) is 13.2 Å². The van der Waals surface area contributed by atoms with Crippen LogP contribution in [0.15, 0.2) is 67.3 Å². The molecular formula is C17H18O2. The molecule has 0 spiro atoms. The maximum Gasteiger partial charge on any atom is 0.118 e. The van der Waals surface area contributed by atoms with Crippen molar-refractivity contribution < 1.29 is 9.84 Å². The average molecular weight is 254 g/mol. The molecule has 0 heterocycles. The summed E-state index contributed by atoms with van der Waals surface area (Å²) in [4.78, 5) is 0. The third-order valence-electron chi connectivity index (χ3n) is 3.24. The van der Waals surface area contributed by atoms with Gasteiger partial charge in [0.25, 0.3) is 0 Å². The Morgan fingerprint density at radius 1 is 1.00 bits per heavy atom. The zero-order chi connectivity index (χ0) is 13.7. The number of methoxy groups -OCH3 is 1. The standard InChI is InChI=1S/C17H18O2/c1-3-16(13-9-11-15(19-2)12-10-13)17(18)14-7-5-4-6-8-14/h3-12,16-18H,1H2,2H3/t16-,17-/m1/s1. The average Bonchev–Trinajstić information content (AvgIpc) is 2.49. The highest BCUT2D eigenvalue weighted by Gasteiger charge is 2.19. The molecular weight excluding hydrogens is 236 g/mol. The first-order valence-electron chi connectivity index (χ1n) is 6.25. The lowest BCUT2D eigenvalue weighted by Gasteiger charge is -2.20. The van der Waals surface area contributed by atoms with Crippen LogP contribution in [0.25, 0.3) is 0 Å². The van der Waals surface area contributed by atoms with Crippen LogP contribution >= 0.6 is 0 Å². The first-order chi connectivity index (χ1) is 9.26. The molecule has 19 heavy (non-hydrogen) atoms. The van der Waals surface area contributed by atoms with Gasteiger partial charge in [-0.25, -0.2) is 0 Å². The topological polar surface area (TPSA) is 29.5 Å². The third-order valence-corrected chi connectivity index (χ3v) is 3.24. The van der Waals surface area contributed by atoms with E-state index >= 15 is 0 Å². The fourth-order valence-electron chi connectivity index (χ4n) is 2.13. The van der Waals surface area contributed by atoms with E-state index in [1.165, 1.54) is 0 Å². The molecule has 0 aliphatic rings. The number of aliphatic hydroxyl groups is 1. The first kappa shape index (κ1) is 13.4. The van der Waals surface area contributed by atoms with Gasteiger partial charge in [0.15, 0.2) is 0 Å². The van der Waals surface area contributed by atoms with E-state index in [4.69, 9.17) is 4.74 Å². The van der Waals surface area contributed by atoms with Crippen molar-refractivity contribution >= 4 is 0 Å². The van der Waals surface area contributed by atoms with E-state index in [-0.39, 0.29) is 5.92 Å². The zero-order valence-electron chi connectivity index (χ0n) is 11.0. The minimum Gasteiger partial charge on any atom is -0.497 e. The van der Waals surface area contributed by atoms with Crippen LogP contribution in [0, 0.1) is 0 Å². The van der Waals surface area contributed by atoms with Crippen LogP contribution in [-0.4, -0.2) is 12.2 Å². The second-order valence-corrected chi connectivity index (χ2v) is 4.39. The van der Waals surface area contributed by atoms with Crippen molar-refractivity contribution in [3.05, 3.63) is 78.4 Å². The summed E-state index contributed by atoms with van der Waals surface area (Å²) in [6.07, 6.45) is 1.19. The molecule has 2 aromatic carbocycles. The molecule has 0 radical (unpaired) electrons. The van der Waals surface area contributed by atoms with Crippen LogP contribution < -0.4 is 4.74 Å². The van der Waals surface area contributed by atoms with Gasteiger partial charge in [-0.05, 0) is 23.3 Å². The number of aliphatic hydroxyl groups excluding tert-OH is 1. The maximum absolute atomic E-state index is 10.5. The Labute approximate surface area is 114 Å². The number of rotatable bonds is 5. The normalized spacial score (nSPS) is 13.6. The number of ether oxygens (including phenoxy) is 1. The Morgan fingerprint density at radius 2 is 1.63 bits per heavy atom. The predicted octanol–water partition coefficient (Wildman–Crippen LogP) is 3.70. The number of hydrogen-bond donors (Lipinski definition) is 1. The summed E-state index contributed by atoms with van der Waals surface area (Å²) in [6, 6.07) is 17.3. The highest BCUT2D eigenvalue weighted by molar-refractivity contribution is 5.34. The van der Waals surface area contributed by atoms with E-state index < -0.39 is 6.10 Å². The van der Waals surface area contributed by atoms with Crippen molar-refractivity contribution in [2.75, 3.05) is 7.11 Å². The van der Waals surface area contributed by atoms with Crippen molar-refractivity contribution in [1.82, 2.24) is 0 Å².